The molecule has 1 N–H and O–H groups in total. The number of anilines is 1. The number of hydrogen-bond acceptors (Lipinski definition) is 6. The first-order valence-electron chi connectivity index (χ1n) is 9.03. The number of ether oxygens (including phenoxy) is 1. The van der Waals surface area contributed by atoms with Crippen LogP contribution >= 0.6 is 15.9 Å². The molecule has 7 heteroatoms. The summed E-state index contributed by atoms with van der Waals surface area (Å²) >= 11 is 3.54. The van der Waals surface area contributed by atoms with Crippen molar-refractivity contribution in [2.75, 3.05) is 31.5 Å². The fourth-order valence-electron chi connectivity index (χ4n) is 4.27. The van der Waals surface area contributed by atoms with Gasteiger partial charge in [0.2, 0.25) is 5.95 Å². The first-order chi connectivity index (χ1) is 12.7. The van der Waals surface area contributed by atoms with Crippen LogP contribution in [0.15, 0.2) is 46.0 Å². The lowest BCUT2D eigenvalue weighted by Gasteiger charge is -2.50. The molecular weight excluding hydrogens is 394 g/mol. The Morgan fingerprint density at radius 1 is 1.19 bits per heavy atom. The third kappa shape index (κ3) is 2.79. The van der Waals surface area contributed by atoms with Crippen LogP contribution in [0.1, 0.15) is 12.8 Å². The van der Waals surface area contributed by atoms with Crippen molar-refractivity contribution in [3.63, 3.8) is 0 Å². The van der Waals surface area contributed by atoms with Crippen LogP contribution < -0.4 is 5.32 Å². The number of nitrogens with one attached hydrogen (secondary N) is 1. The van der Waals surface area contributed by atoms with Gasteiger partial charge in [0.15, 0.2) is 0 Å². The number of halogens is 1. The summed E-state index contributed by atoms with van der Waals surface area (Å²) in [4.78, 5) is 16.1. The molecule has 1 aromatic heterocycles. The number of nitrogens with zero attached hydrogens (tertiary/aromatic N) is 4. The van der Waals surface area contributed by atoms with Gasteiger partial charge in [0.05, 0.1) is 16.7 Å². The lowest BCUT2D eigenvalue weighted by Crippen LogP contribution is -2.61. The molecule has 0 saturated carbocycles. The third-order valence-electron chi connectivity index (χ3n) is 5.62. The van der Waals surface area contributed by atoms with Crippen LogP contribution in [0.5, 0.6) is 0 Å². The molecule has 2 aromatic rings. The Labute approximate surface area is 160 Å². The molecule has 26 heavy (non-hydrogen) atoms. The summed E-state index contributed by atoms with van der Waals surface area (Å²) < 4.78 is 7.17. The van der Waals surface area contributed by atoms with Crippen LogP contribution in [-0.2, 0) is 4.74 Å². The number of piperidine rings is 3. The lowest BCUT2D eigenvalue weighted by atomic mass is 9.75. The average molecular weight is 414 g/mol. The van der Waals surface area contributed by atoms with E-state index in [9.17, 15) is 0 Å². The number of fused-ring (bicyclic) bond motifs is 2. The molecule has 1 spiro atoms. The molecule has 3 fully saturated rings. The number of hydrogen-bond donors (Lipinski definition) is 1. The van der Waals surface area contributed by atoms with Crippen LogP contribution in [-0.4, -0.2) is 52.7 Å². The first-order valence-corrected chi connectivity index (χ1v) is 9.82. The molecule has 1 unspecified atom stereocenters. The van der Waals surface area contributed by atoms with E-state index in [4.69, 9.17) is 4.74 Å². The SMILES string of the molecule is Brc1cnc(NC2=NCC3(CN4CCC3CC4)O2)nc1-c1ccccc1. The summed E-state index contributed by atoms with van der Waals surface area (Å²) in [7, 11) is 0. The van der Waals surface area contributed by atoms with Gasteiger partial charge >= 0.3 is 0 Å². The Balaban J connectivity index is 1.35. The molecule has 1 atom stereocenters. The highest BCUT2D eigenvalue weighted by molar-refractivity contribution is 9.10. The van der Waals surface area contributed by atoms with Gasteiger partial charge in [-0.05, 0) is 41.9 Å². The third-order valence-corrected chi connectivity index (χ3v) is 6.20. The molecule has 1 aromatic carbocycles. The Hall–Kier alpha value is -1.99. The minimum absolute atomic E-state index is 0.156. The van der Waals surface area contributed by atoms with Crippen molar-refractivity contribution in [3.05, 3.63) is 41.0 Å². The maximum Gasteiger partial charge on any atom is 0.292 e. The zero-order valence-corrected chi connectivity index (χ0v) is 15.9. The lowest BCUT2D eigenvalue weighted by molar-refractivity contribution is -0.0829. The van der Waals surface area contributed by atoms with Crippen molar-refractivity contribution in [1.29, 1.82) is 0 Å². The van der Waals surface area contributed by atoms with Crippen molar-refractivity contribution in [3.8, 4) is 11.3 Å². The topological polar surface area (TPSA) is 62.6 Å². The number of aliphatic imine (C=N–C) groups is 1. The molecular formula is C19H20BrN5O. The summed E-state index contributed by atoms with van der Waals surface area (Å²) in [5.74, 6) is 1.10. The molecule has 0 radical (unpaired) electrons. The van der Waals surface area contributed by atoms with Gasteiger partial charge < -0.3 is 4.74 Å². The smallest absolute Gasteiger partial charge is 0.292 e. The van der Waals surface area contributed by atoms with Gasteiger partial charge in [0, 0.05) is 24.2 Å². The maximum atomic E-state index is 6.31. The van der Waals surface area contributed by atoms with Crippen molar-refractivity contribution >= 4 is 27.9 Å². The second-order valence-electron chi connectivity index (χ2n) is 7.22. The van der Waals surface area contributed by atoms with Gasteiger partial charge in [0.25, 0.3) is 6.02 Å². The molecule has 4 aliphatic rings. The Morgan fingerprint density at radius 3 is 2.73 bits per heavy atom. The number of aromatic nitrogens is 2. The van der Waals surface area contributed by atoms with Gasteiger partial charge in [-0.15, -0.1) is 0 Å². The Kier molecular flexibility index (Phi) is 3.94. The van der Waals surface area contributed by atoms with E-state index in [1.54, 1.807) is 6.20 Å². The highest BCUT2D eigenvalue weighted by atomic mass is 79.9. The minimum atomic E-state index is -0.156. The van der Waals surface area contributed by atoms with Crippen LogP contribution in [0.25, 0.3) is 11.3 Å². The van der Waals surface area contributed by atoms with E-state index in [1.807, 2.05) is 30.3 Å². The van der Waals surface area contributed by atoms with Crippen molar-refractivity contribution in [2.45, 2.75) is 18.4 Å². The predicted octanol–water partition coefficient (Wildman–Crippen LogP) is 3.17. The summed E-state index contributed by atoms with van der Waals surface area (Å²) in [6, 6.07) is 10.6. The van der Waals surface area contributed by atoms with Crippen molar-refractivity contribution in [2.24, 2.45) is 10.9 Å². The molecule has 5 heterocycles. The van der Waals surface area contributed by atoms with E-state index in [2.05, 4.69) is 41.1 Å². The monoisotopic (exact) mass is 413 g/mol. The van der Waals surface area contributed by atoms with E-state index in [0.717, 1.165) is 28.8 Å². The van der Waals surface area contributed by atoms with Gasteiger partial charge in [-0.1, -0.05) is 30.3 Å². The fraction of sp³-hybridized carbons (Fsp3) is 0.421. The van der Waals surface area contributed by atoms with Crippen LogP contribution in [0.3, 0.4) is 0 Å². The fourth-order valence-corrected chi connectivity index (χ4v) is 4.69. The van der Waals surface area contributed by atoms with Crippen molar-refractivity contribution < 1.29 is 4.74 Å². The highest BCUT2D eigenvalue weighted by Gasteiger charge is 2.51. The van der Waals surface area contributed by atoms with E-state index in [-0.39, 0.29) is 5.60 Å². The molecule has 6 nitrogen and oxygen atoms in total. The van der Waals surface area contributed by atoms with Crippen LogP contribution in [0.2, 0.25) is 0 Å². The molecule has 0 aliphatic carbocycles. The highest BCUT2D eigenvalue weighted by Crippen LogP contribution is 2.40. The van der Waals surface area contributed by atoms with E-state index in [0.29, 0.717) is 17.9 Å². The number of benzene rings is 1. The van der Waals surface area contributed by atoms with Gasteiger partial charge in [-0.2, -0.15) is 0 Å². The van der Waals surface area contributed by atoms with Crippen molar-refractivity contribution in [1.82, 2.24) is 14.9 Å². The second kappa shape index (κ2) is 6.32. The summed E-state index contributed by atoms with van der Waals surface area (Å²) in [5.41, 5.74) is 1.73. The Bertz CT molecular complexity index is 850. The zero-order chi connectivity index (χ0) is 17.6. The van der Waals surface area contributed by atoms with Crippen LogP contribution in [0.4, 0.5) is 5.95 Å². The first kappa shape index (κ1) is 16.2. The van der Waals surface area contributed by atoms with Gasteiger partial charge in [0.1, 0.15) is 5.60 Å². The van der Waals surface area contributed by atoms with E-state index >= 15 is 0 Å². The Morgan fingerprint density at radius 2 is 2.00 bits per heavy atom. The molecule has 6 rings (SSSR count). The summed E-state index contributed by atoms with van der Waals surface area (Å²) in [5, 5.41) is 3.18. The number of rotatable bonds is 2. The molecule has 4 aliphatic heterocycles. The molecule has 3 saturated heterocycles. The van der Waals surface area contributed by atoms with Crippen LogP contribution in [0, 0.1) is 5.92 Å². The second-order valence-corrected chi connectivity index (χ2v) is 8.07. The summed E-state index contributed by atoms with van der Waals surface area (Å²) in [6.07, 6.45) is 4.17. The zero-order valence-electron chi connectivity index (χ0n) is 14.4. The normalized spacial score (nSPS) is 29.5. The molecule has 0 amide bonds. The predicted molar refractivity (Wildman–Crippen MR) is 104 cm³/mol. The quantitative estimate of drug-likeness (QED) is 0.818. The average Bonchev–Trinajstić information content (AvgIpc) is 3.07. The van der Waals surface area contributed by atoms with E-state index in [1.165, 1.54) is 25.9 Å². The molecule has 2 bridgehead atoms. The maximum absolute atomic E-state index is 6.31. The van der Waals surface area contributed by atoms with Gasteiger partial charge in [-0.25, -0.2) is 15.0 Å². The molecule has 134 valence electrons. The summed E-state index contributed by atoms with van der Waals surface area (Å²) in [6.45, 7) is 4.07. The number of amidine groups is 1. The standard InChI is InChI=1S/C19H20BrN5O/c20-15-10-21-17(23-16(15)13-4-2-1-3-5-13)24-18-22-11-19(26-18)12-25-8-6-14(19)7-9-25/h1-5,10,14H,6-9,11-12H2,(H,21,22,23,24). The van der Waals surface area contributed by atoms with E-state index < -0.39 is 0 Å². The largest absolute Gasteiger partial charge is 0.455 e. The van der Waals surface area contributed by atoms with Gasteiger partial charge in [-0.3, -0.25) is 10.2 Å². The minimum Gasteiger partial charge on any atom is -0.455 e.